The molecule has 2 aliphatic rings. The molecular formula is C19H29NO4. The van der Waals surface area contributed by atoms with Crippen LogP contribution >= 0.6 is 0 Å². The maximum absolute atomic E-state index is 11.3. The van der Waals surface area contributed by atoms with Crippen LogP contribution in [0.1, 0.15) is 32.3 Å². The minimum Gasteiger partial charge on any atom is -0.496 e. The molecule has 134 valence electrons. The molecule has 1 aromatic rings. The van der Waals surface area contributed by atoms with Crippen LogP contribution < -0.4 is 4.74 Å². The lowest BCUT2D eigenvalue weighted by Crippen LogP contribution is -2.60. The van der Waals surface area contributed by atoms with Crippen molar-refractivity contribution in [1.29, 1.82) is 0 Å². The van der Waals surface area contributed by atoms with Gasteiger partial charge in [-0.05, 0) is 45.7 Å². The second kappa shape index (κ2) is 6.30. The van der Waals surface area contributed by atoms with Crippen molar-refractivity contribution in [3.63, 3.8) is 0 Å². The van der Waals surface area contributed by atoms with E-state index in [4.69, 9.17) is 9.47 Å². The summed E-state index contributed by atoms with van der Waals surface area (Å²) in [6, 6.07) is 7.51. The van der Waals surface area contributed by atoms with Gasteiger partial charge in [-0.3, -0.25) is 4.90 Å². The molecule has 0 unspecified atom stereocenters. The summed E-state index contributed by atoms with van der Waals surface area (Å²) in [4.78, 5) is 2.03. The molecule has 1 saturated carbocycles. The fourth-order valence-corrected chi connectivity index (χ4v) is 4.50. The standard InChI is InChI=1S/C19H29NO4/c1-18(2)10-14-9-15(21)17(19(14,22)12-24-18)20(3)11-13-7-5-6-8-16(13)23-4/h5-8,14-15,17,21-22H,9-12H2,1-4H3/t14-,15-,17+,19+/m1/s1. The van der Waals surface area contributed by atoms with E-state index in [2.05, 4.69) is 0 Å². The van der Waals surface area contributed by atoms with Gasteiger partial charge in [0.2, 0.25) is 0 Å². The van der Waals surface area contributed by atoms with Gasteiger partial charge in [0.05, 0.1) is 31.5 Å². The Bertz CT molecular complexity index is 590. The Kier molecular flexibility index (Phi) is 4.64. The Morgan fingerprint density at radius 3 is 2.75 bits per heavy atom. The summed E-state index contributed by atoms with van der Waals surface area (Å²) in [5.41, 5.74) is -0.211. The van der Waals surface area contributed by atoms with Gasteiger partial charge in [0.25, 0.3) is 0 Å². The zero-order chi connectivity index (χ0) is 17.5. The maximum atomic E-state index is 11.3. The lowest BCUT2D eigenvalue weighted by atomic mass is 9.78. The number of likely N-dealkylation sites (N-methyl/N-ethyl adjacent to an activating group) is 1. The van der Waals surface area contributed by atoms with Crippen LogP contribution in [-0.4, -0.2) is 59.2 Å². The summed E-state index contributed by atoms with van der Waals surface area (Å²) in [5, 5.41) is 21.9. The van der Waals surface area contributed by atoms with E-state index >= 15 is 0 Å². The van der Waals surface area contributed by atoms with Gasteiger partial charge < -0.3 is 19.7 Å². The quantitative estimate of drug-likeness (QED) is 0.879. The second-order valence-electron chi connectivity index (χ2n) is 7.92. The monoisotopic (exact) mass is 335 g/mol. The zero-order valence-corrected chi connectivity index (χ0v) is 15.0. The molecule has 0 spiro atoms. The van der Waals surface area contributed by atoms with Crippen molar-refractivity contribution in [3.8, 4) is 5.75 Å². The lowest BCUT2D eigenvalue weighted by Gasteiger charge is -2.47. The van der Waals surface area contributed by atoms with E-state index in [0.29, 0.717) is 13.0 Å². The van der Waals surface area contributed by atoms with Gasteiger partial charge in [-0.2, -0.15) is 0 Å². The van der Waals surface area contributed by atoms with Crippen molar-refractivity contribution in [1.82, 2.24) is 4.90 Å². The number of benzene rings is 1. The van der Waals surface area contributed by atoms with Crippen molar-refractivity contribution in [3.05, 3.63) is 29.8 Å². The van der Waals surface area contributed by atoms with Gasteiger partial charge in [0, 0.05) is 12.1 Å². The lowest BCUT2D eigenvalue weighted by molar-refractivity contribution is -0.196. The molecule has 5 heteroatoms. The number of para-hydroxylation sites is 1. The Balaban J connectivity index is 1.80. The summed E-state index contributed by atoms with van der Waals surface area (Å²) >= 11 is 0. The highest BCUT2D eigenvalue weighted by atomic mass is 16.5. The van der Waals surface area contributed by atoms with Crippen LogP contribution in [-0.2, 0) is 11.3 Å². The van der Waals surface area contributed by atoms with Crippen molar-refractivity contribution >= 4 is 0 Å². The molecule has 1 aromatic carbocycles. The first-order valence-electron chi connectivity index (χ1n) is 8.63. The largest absolute Gasteiger partial charge is 0.496 e. The summed E-state index contributed by atoms with van der Waals surface area (Å²) < 4.78 is 11.3. The number of ether oxygens (including phenoxy) is 2. The van der Waals surface area contributed by atoms with Crippen LogP contribution in [0.25, 0.3) is 0 Å². The topological polar surface area (TPSA) is 62.2 Å². The molecule has 24 heavy (non-hydrogen) atoms. The second-order valence-corrected chi connectivity index (χ2v) is 7.92. The summed E-state index contributed by atoms with van der Waals surface area (Å²) in [6.07, 6.45) is 0.821. The van der Waals surface area contributed by atoms with Crippen molar-refractivity contribution in [2.24, 2.45) is 5.92 Å². The third kappa shape index (κ3) is 3.06. The number of aliphatic hydroxyl groups excluding tert-OH is 1. The Morgan fingerprint density at radius 2 is 2.04 bits per heavy atom. The van der Waals surface area contributed by atoms with Crippen LogP contribution in [0.4, 0.5) is 0 Å². The van der Waals surface area contributed by atoms with Gasteiger partial charge in [-0.25, -0.2) is 0 Å². The number of nitrogens with zero attached hydrogens (tertiary/aromatic N) is 1. The van der Waals surface area contributed by atoms with Gasteiger partial charge in [-0.1, -0.05) is 18.2 Å². The number of aliphatic hydroxyl groups is 2. The number of hydrogen-bond donors (Lipinski definition) is 2. The van der Waals surface area contributed by atoms with E-state index in [1.54, 1.807) is 7.11 Å². The van der Waals surface area contributed by atoms with E-state index in [-0.39, 0.29) is 24.2 Å². The van der Waals surface area contributed by atoms with Gasteiger partial charge in [-0.15, -0.1) is 0 Å². The Labute approximate surface area is 144 Å². The molecule has 3 rings (SSSR count). The third-order valence-electron chi connectivity index (χ3n) is 5.63. The van der Waals surface area contributed by atoms with Crippen LogP contribution in [0.15, 0.2) is 24.3 Å². The SMILES string of the molecule is COc1ccccc1CN(C)[C@H]1[C@H](O)C[C@@H]2CC(C)(C)OC[C@]21O. The molecule has 1 aliphatic heterocycles. The van der Waals surface area contributed by atoms with Gasteiger partial charge in [0.15, 0.2) is 0 Å². The van der Waals surface area contributed by atoms with E-state index in [1.165, 1.54) is 0 Å². The number of fused-ring (bicyclic) bond motifs is 1. The highest BCUT2D eigenvalue weighted by Crippen LogP contribution is 2.47. The van der Waals surface area contributed by atoms with Crippen LogP contribution in [0, 0.1) is 5.92 Å². The highest BCUT2D eigenvalue weighted by Gasteiger charge is 2.59. The Morgan fingerprint density at radius 1 is 1.33 bits per heavy atom. The molecular weight excluding hydrogens is 306 g/mol. The zero-order valence-electron chi connectivity index (χ0n) is 15.0. The molecule has 2 fully saturated rings. The molecule has 0 amide bonds. The first-order chi connectivity index (χ1) is 11.3. The molecule has 1 aliphatic carbocycles. The molecule has 0 bridgehead atoms. The average Bonchev–Trinajstić information content (AvgIpc) is 2.77. The number of rotatable bonds is 4. The maximum Gasteiger partial charge on any atom is 0.123 e. The molecule has 2 N–H and O–H groups in total. The highest BCUT2D eigenvalue weighted by molar-refractivity contribution is 5.33. The summed E-state index contributed by atoms with van der Waals surface area (Å²) in [5.74, 6) is 0.878. The summed E-state index contributed by atoms with van der Waals surface area (Å²) in [7, 11) is 3.60. The minimum atomic E-state index is -1.01. The first kappa shape index (κ1) is 17.7. The molecule has 4 atom stereocenters. The van der Waals surface area contributed by atoms with Crippen molar-refractivity contribution in [2.45, 2.75) is 56.6 Å². The van der Waals surface area contributed by atoms with Crippen LogP contribution in [0.5, 0.6) is 5.75 Å². The first-order valence-corrected chi connectivity index (χ1v) is 8.63. The minimum absolute atomic E-state index is 0.0568. The summed E-state index contributed by atoms with van der Waals surface area (Å²) in [6.45, 7) is 4.96. The van der Waals surface area contributed by atoms with E-state index in [9.17, 15) is 10.2 Å². The normalized spacial score (nSPS) is 35.0. The molecule has 1 heterocycles. The number of methoxy groups -OCH3 is 1. The molecule has 5 nitrogen and oxygen atoms in total. The number of hydrogen-bond acceptors (Lipinski definition) is 5. The average molecular weight is 335 g/mol. The van der Waals surface area contributed by atoms with Gasteiger partial charge >= 0.3 is 0 Å². The smallest absolute Gasteiger partial charge is 0.123 e. The van der Waals surface area contributed by atoms with E-state index in [1.807, 2.05) is 50.1 Å². The molecule has 0 aromatic heterocycles. The van der Waals surface area contributed by atoms with Crippen molar-refractivity contribution < 1.29 is 19.7 Å². The fourth-order valence-electron chi connectivity index (χ4n) is 4.50. The van der Waals surface area contributed by atoms with Gasteiger partial charge in [0.1, 0.15) is 11.4 Å². The third-order valence-corrected chi connectivity index (χ3v) is 5.63. The Hall–Kier alpha value is -1.14. The van der Waals surface area contributed by atoms with E-state index < -0.39 is 11.7 Å². The molecule has 0 radical (unpaired) electrons. The fraction of sp³-hybridized carbons (Fsp3) is 0.684. The van der Waals surface area contributed by atoms with Crippen LogP contribution in [0.3, 0.4) is 0 Å². The molecule has 1 saturated heterocycles. The van der Waals surface area contributed by atoms with Crippen molar-refractivity contribution in [2.75, 3.05) is 20.8 Å². The van der Waals surface area contributed by atoms with Crippen LogP contribution in [0.2, 0.25) is 0 Å². The van der Waals surface area contributed by atoms with E-state index in [0.717, 1.165) is 17.7 Å². The predicted molar refractivity (Wildman–Crippen MR) is 92.0 cm³/mol. The predicted octanol–water partition coefficient (Wildman–Crippen LogP) is 1.81.